The fraction of sp³-hybridized carbons (Fsp3) is 0.273. The zero-order chi connectivity index (χ0) is 30.0. The Hall–Kier alpha value is -4.98. The number of nitrogens with one attached hydrogen (secondary N) is 2. The molecule has 4 aromatic rings. The summed E-state index contributed by atoms with van der Waals surface area (Å²) < 4.78 is 12.3. The number of rotatable bonds is 10. The standard InChI is InChI=1S/C33H34N6O4/c1-3-7-32(40)36-28-22-26-27(23-30(28)42-21-6-16-39-19-17-38(2)18-20-39)34-15-13-29(26)43-25-11-9-24(10-12-25)33(41)37-31-8-4-5-14-35-31/h4-5,8-15,22-23H,6,16-21H2,1-2H3,(H,36,40)(H,35,37,41). The molecule has 0 bridgehead atoms. The van der Waals surface area contributed by atoms with Crippen LogP contribution in [0.15, 0.2) is 73.1 Å². The van der Waals surface area contributed by atoms with E-state index < -0.39 is 5.91 Å². The Morgan fingerprint density at radius 2 is 1.74 bits per heavy atom. The Kier molecular flexibility index (Phi) is 9.79. The van der Waals surface area contributed by atoms with Crippen LogP contribution < -0.4 is 20.1 Å². The van der Waals surface area contributed by atoms with Crippen molar-refractivity contribution >= 4 is 34.2 Å². The molecule has 0 radical (unpaired) electrons. The SMILES string of the molecule is CC#CC(=O)Nc1cc2c(Oc3ccc(C(=O)Nc4ccccn4)cc3)ccnc2cc1OCCCN1CCN(C)CC1. The second-order valence-electron chi connectivity index (χ2n) is 10.1. The van der Waals surface area contributed by atoms with Crippen molar-refractivity contribution in [2.45, 2.75) is 13.3 Å². The number of hydrogen-bond donors (Lipinski definition) is 2. The number of likely N-dealkylation sites (N-methyl/N-ethyl adjacent to an activating group) is 1. The smallest absolute Gasteiger partial charge is 0.300 e. The summed E-state index contributed by atoms with van der Waals surface area (Å²) in [4.78, 5) is 38.4. The number of ether oxygens (including phenoxy) is 2. The number of piperazine rings is 1. The van der Waals surface area contributed by atoms with Gasteiger partial charge in [0.25, 0.3) is 11.8 Å². The number of hydrogen-bond acceptors (Lipinski definition) is 8. The van der Waals surface area contributed by atoms with Gasteiger partial charge in [0.15, 0.2) is 0 Å². The van der Waals surface area contributed by atoms with Gasteiger partial charge in [-0.3, -0.25) is 14.6 Å². The molecule has 2 N–H and O–H groups in total. The van der Waals surface area contributed by atoms with E-state index in [2.05, 4.69) is 49.3 Å². The monoisotopic (exact) mass is 578 g/mol. The predicted octanol–water partition coefficient (Wildman–Crippen LogP) is 4.65. The fourth-order valence-electron chi connectivity index (χ4n) is 4.69. The molecule has 10 nitrogen and oxygen atoms in total. The minimum atomic E-state index is -0.435. The Morgan fingerprint density at radius 1 is 0.930 bits per heavy atom. The molecule has 0 atom stereocenters. The lowest BCUT2D eigenvalue weighted by atomic mass is 10.1. The molecule has 3 heterocycles. The van der Waals surface area contributed by atoms with E-state index >= 15 is 0 Å². The molecule has 1 aliphatic rings. The van der Waals surface area contributed by atoms with Gasteiger partial charge in [-0.05, 0) is 74.8 Å². The van der Waals surface area contributed by atoms with Crippen LogP contribution in [-0.2, 0) is 4.79 Å². The number of carbonyl (C=O) groups excluding carboxylic acids is 2. The summed E-state index contributed by atoms with van der Waals surface area (Å²) in [7, 11) is 2.14. The van der Waals surface area contributed by atoms with Crippen LogP contribution in [-0.4, -0.2) is 78.0 Å². The maximum atomic E-state index is 12.6. The minimum absolute atomic E-state index is 0.272. The lowest BCUT2D eigenvalue weighted by molar-refractivity contribution is -0.111. The molecule has 0 spiro atoms. The molecule has 2 amide bonds. The largest absolute Gasteiger partial charge is 0.491 e. The van der Waals surface area contributed by atoms with Crippen LogP contribution in [0.3, 0.4) is 0 Å². The van der Waals surface area contributed by atoms with Crippen LogP contribution in [0.1, 0.15) is 23.7 Å². The first-order valence-corrected chi connectivity index (χ1v) is 14.2. The molecule has 1 aliphatic heterocycles. The number of anilines is 2. The normalized spacial score (nSPS) is 13.5. The van der Waals surface area contributed by atoms with E-state index in [0.717, 1.165) is 39.1 Å². The van der Waals surface area contributed by atoms with E-state index in [9.17, 15) is 9.59 Å². The number of fused-ring (bicyclic) bond motifs is 1. The lowest BCUT2D eigenvalue weighted by Gasteiger charge is -2.32. The van der Waals surface area contributed by atoms with Crippen LogP contribution in [0.5, 0.6) is 17.2 Å². The van der Waals surface area contributed by atoms with Crippen molar-refractivity contribution < 1.29 is 19.1 Å². The average Bonchev–Trinajstić information content (AvgIpc) is 3.01. The highest BCUT2D eigenvalue weighted by Crippen LogP contribution is 2.36. The molecule has 43 heavy (non-hydrogen) atoms. The molecular formula is C33H34N6O4. The Balaban J connectivity index is 1.30. The molecule has 2 aromatic carbocycles. The van der Waals surface area contributed by atoms with Gasteiger partial charge in [-0.2, -0.15) is 0 Å². The minimum Gasteiger partial charge on any atom is -0.491 e. The number of carbonyl (C=O) groups is 2. The summed E-state index contributed by atoms with van der Waals surface area (Å²) in [5.74, 6) is 6.50. The molecule has 220 valence electrons. The van der Waals surface area contributed by atoms with Gasteiger partial charge in [-0.25, -0.2) is 4.98 Å². The molecular weight excluding hydrogens is 544 g/mol. The van der Waals surface area contributed by atoms with E-state index in [1.807, 2.05) is 0 Å². The number of aromatic nitrogens is 2. The Labute approximate surface area is 251 Å². The number of amides is 2. The highest BCUT2D eigenvalue weighted by Gasteiger charge is 2.16. The zero-order valence-electron chi connectivity index (χ0n) is 24.3. The summed E-state index contributed by atoms with van der Waals surface area (Å²) in [6.07, 6.45) is 4.13. The molecule has 0 aliphatic carbocycles. The van der Waals surface area contributed by atoms with E-state index in [-0.39, 0.29) is 5.91 Å². The van der Waals surface area contributed by atoms with Gasteiger partial charge in [-0.1, -0.05) is 12.0 Å². The van der Waals surface area contributed by atoms with Crippen LogP contribution >= 0.6 is 0 Å². The number of benzene rings is 2. The summed E-state index contributed by atoms with van der Waals surface area (Å²) in [6, 6.07) is 17.4. The lowest BCUT2D eigenvalue weighted by Crippen LogP contribution is -2.44. The van der Waals surface area contributed by atoms with Crippen molar-refractivity contribution in [2.75, 3.05) is 57.0 Å². The predicted molar refractivity (Wildman–Crippen MR) is 167 cm³/mol. The average molecular weight is 579 g/mol. The molecule has 0 unspecified atom stereocenters. The third-order valence-electron chi connectivity index (χ3n) is 7.01. The molecule has 2 aromatic heterocycles. The quantitative estimate of drug-likeness (QED) is 0.207. The summed E-state index contributed by atoms with van der Waals surface area (Å²) in [5, 5.41) is 6.29. The maximum absolute atomic E-state index is 12.6. The third kappa shape index (κ3) is 8.07. The first-order chi connectivity index (χ1) is 21.0. The van der Waals surface area contributed by atoms with Gasteiger partial charge in [0, 0.05) is 62.1 Å². The van der Waals surface area contributed by atoms with Gasteiger partial charge in [0.05, 0.1) is 17.8 Å². The molecule has 5 rings (SSSR count). The Bertz CT molecular complexity index is 1620. The van der Waals surface area contributed by atoms with Gasteiger partial charge >= 0.3 is 0 Å². The van der Waals surface area contributed by atoms with Gasteiger partial charge in [0.2, 0.25) is 0 Å². The summed E-state index contributed by atoms with van der Waals surface area (Å²) in [5.41, 5.74) is 1.60. The molecule has 1 saturated heterocycles. The van der Waals surface area contributed by atoms with Crippen molar-refractivity contribution in [1.29, 1.82) is 0 Å². The first-order valence-electron chi connectivity index (χ1n) is 14.2. The van der Waals surface area contributed by atoms with Crippen molar-refractivity contribution in [2.24, 2.45) is 0 Å². The highest BCUT2D eigenvalue weighted by molar-refractivity contribution is 6.06. The van der Waals surface area contributed by atoms with Crippen LogP contribution in [0.4, 0.5) is 11.5 Å². The maximum Gasteiger partial charge on any atom is 0.300 e. The van der Waals surface area contributed by atoms with Crippen LogP contribution in [0, 0.1) is 11.8 Å². The zero-order valence-corrected chi connectivity index (χ0v) is 24.3. The number of pyridine rings is 2. The second-order valence-corrected chi connectivity index (χ2v) is 10.1. The van der Waals surface area contributed by atoms with Crippen molar-refractivity contribution in [3.8, 4) is 29.1 Å². The summed E-state index contributed by atoms with van der Waals surface area (Å²) >= 11 is 0. The van der Waals surface area contributed by atoms with Crippen LogP contribution in [0.25, 0.3) is 10.9 Å². The third-order valence-corrected chi connectivity index (χ3v) is 7.01. The van der Waals surface area contributed by atoms with Crippen molar-refractivity contribution in [3.63, 3.8) is 0 Å². The van der Waals surface area contributed by atoms with E-state index in [0.29, 0.717) is 51.8 Å². The van der Waals surface area contributed by atoms with E-state index in [1.54, 1.807) is 80.0 Å². The van der Waals surface area contributed by atoms with Gasteiger partial charge < -0.3 is 29.9 Å². The molecule has 10 heteroatoms. The molecule has 0 saturated carbocycles. The first kappa shape index (κ1) is 29.5. The topological polar surface area (TPSA) is 109 Å². The van der Waals surface area contributed by atoms with Gasteiger partial charge in [0.1, 0.15) is 23.1 Å². The van der Waals surface area contributed by atoms with E-state index in [4.69, 9.17) is 9.47 Å². The van der Waals surface area contributed by atoms with Crippen LogP contribution in [0.2, 0.25) is 0 Å². The molecule has 1 fully saturated rings. The van der Waals surface area contributed by atoms with Crippen molar-refractivity contribution in [1.82, 2.24) is 19.8 Å². The Morgan fingerprint density at radius 3 is 2.49 bits per heavy atom. The summed E-state index contributed by atoms with van der Waals surface area (Å²) in [6.45, 7) is 7.30. The van der Waals surface area contributed by atoms with Gasteiger partial charge in [-0.15, -0.1) is 0 Å². The number of nitrogens with zero attached hydrogens (tertiary/aromatic N) is 4. The fourth-order valence-corrected chi connectivity index (χ4v) is 4.69. The highest BCUT2D eigenvalue weighted by atomic mass is 16.5. The van der Waals surface area contributed by atoms with Crippen molar-refractivity contribution in [3.05, 3.63) is 78.6 Å². The second kappa shape index (κ2) is 14.3. The van der Waals surface area contributed by atoms with E-state index in [1.165, 1.54) is 0 Å².